The standard InChI is InChI=1S/C85H118N14O26S3/c1-5-46(2)74-80(117)89-39-71(109)92-63-45-128(124)81-57(33-51(76(113)88-40-72(110)97-74)34-66(104)75(48(4)67(105)43-101)98-79(116)64-37-54(102)41-99(64)82(118)52(35-65(63)103)36-68(86)106)56-24-23-55(38-59(56)95-81)125-30-28-47(3)127-126-44-62(84(121)122)94-78(115)61(32-50-19-13-10-14-20-50)93-77(114)60(31-49-17-11-9-12-18-49)91-70(108)21-15-7-6-8-16-29-87-69(107)26-25-58(83(119)120)96-85(123)90-53(42-100)22-27-73(111)112/h9-14,17-20,23-24,38,46-48,51-54,58,60-64,67,74-75,95,100-102,105H,5-8,15-16,21-22,25-37,39-45H2,1-4H3,(H2,86,106)(H,87,107)(H,88,113)(H,89,117)(H,91,108)(H,92,109)(H,93,114)(H,94,115)(H,97,110)(H,98,116)(H,111,112)(H,119,120)(H,121,122)(H2,90,96,123)/t46-,47?,48-,51-,52-,53?,54+,58?,60-,61-,62-,63-,64-,67-,74-,75-,128?/m0/s1. The van der Waals surface area contributed by atoms with Crippen LogP contribution >= 0.6 is 21.6 Å². The molecule has 0 saturated carbocycles. The molecule has 0 spiro atoms. The van der Waals surface area contributed by atoms with Gasteiger partial charge in [0.15, 0.2) is 11.6 Å². The van der Waals surface area contributed by atoms with Crippen molar-refractivity contribution in [2.75, 3.05) is 57.5 Å². The second-order valence-corrected chi connectivity index (χ2v) is 36.5. The lowest BCUT2D eigenvalue weighted by molar-refractivity contribution is -0.145. The van der Waals surface area contributed by atoms with Gasteiger partial charge in [-0.1, -0.05) is 136 Å². The largest absolute Gasteiger partial charge is 0.493 e. The topological polar surface area (TPSA) is 635 Å². The molecule has 4 unspecified atom stereocenters. The number of nitrogens with two attached hydrogens (primary N) is 1. The molecule has 17 atom stereocenters. The van der Waals surface area contributed by atoms with Gasteiger partial charge in [0.1, 0.15) is 47.0 Å². The van der Waals surface area contributed by atoms with Crippen LogP contribution in [-0.4, -0.2) is 280 Å². The quantitative estimate of drug-likeness (QED) is 0.0193. The van der Waals surface area contributed by atoms with Crippen molar-refractivity contribution < 1.29 is 126 Å². The summed E-state index contributed by atoms with van der Waals surface area (Å²) in [5.74, 6) is -20.9. The van der Waals surface area contributed by atoms with Gasteiger partial charge in [-0.3, -0.25) is 71.3 Å². The maximum Gasteiger partial charge on any atom is 0.327 e. The van der Waals surface area contributed by atoms with E-state index < -0.39 is 272 Å². The highest BCUT2D eigenvalue weighted by Crippen LogP contribution is 2.35. The Morgan fingerprint density at radius 1 is 0.648 bits per heavy atom. The van der Waals surface area contributed by atoms with Crippen LogP contribution in [-0.2, 0) is 107 Å². The number of carboxylic acid groups (broad SMARTS) is 3. The number of Topliss-reactive ketones (excluding diaryl/α,β-unsaturated/α-hetero) is 2. The summed E-state index contributed by atoms with van der Waals surface area (Å²) in [6.07, 6.45) is -3.87. The first kappa shape index (κ1) is 104. The number of urea groups is 1. The van der Waals surface area contributed by atoms with Crippen molar-refractivity contribution in [2.45, 2.75) is 227 Å². The highest BCUT2D eigenvalue weighted by molar-refractivity contribution is 8.77. The summed E-state index contributed by atoms with van der Waals surface area (Å²) >= 11 is 0. The number of aromatic nitrogens is 1. The summed E-state index contributed by atoms with van der Waals surface area (Å²) in [5, 5.41) is 98.6. The smallest absolute Gasteiger partial charge is 0.327 e. The van der Waals surface area contributed by atoms with E-state index >= 15 is 9.00 Å². The maximum atomic E-state index is 15.4. The lowest BCUT2D eigenvalue weighted by Crippen LogP contribution is -2.57. The Balaban J connectivity index is 1.03. The van der Waals surface area contributed by atoms with E-state index in [2.05, 4.69) is 63.5 Å². The molecule has 43 heteroatoms. The summed E-state index contributed by atoms with van der Waals surface area (Å²) in [6.45, 7) is 3.24. The highest BCUT2D eigenvalue weighted by atomic mass is 33.1. The predicted molar refractivity (Wildman–Crippen MR) is 467 cm³/mol. The van der Waals surface area contributed by atoms with E-state index in [4.69, 9.17) is 15.6 Å². The molecule has 0 radical (unpaired) electrons. The number of aromatic amines is 1. The first-order valence-electron chi connectivity index (χ1n) is 42.6. The van der Waals surface area contributed by atoms with Crippen LogP contribution in [0.4, 0.5) is 4.79 Å². The average molecular weight is 1850 g/mol. The molecule has 1 aromatic heterocycles. The van der Waals surface area contributed by atoms with Crippen molar-refractivity contribution >= 4 is 144 Å². The fourth-order valence-corrected chi connectivity index (χ4v) is 18.7. The molecule has 702 valence electrons. The number of hydrogen-bond donors (Lipinski definition) is 20. The number of fused-ring (bicyclic) bond motifs is 5. The molecule has 4 heterocycles. The Hall–Kier alpha value is -11.1. The molecule has 7 rings (SSSR count). The molecule has 2 bridgehead atoms. The number of H-pyrrole nitrogens is 1. The Kier molecular flexibility index (Phi) is 42.5. The number of amides is 13. The number of carbonyl (C=O) groups is 17. The number of carbonyl (C=O) groups excluding carboxylic acids is 14. The number of hydrogen-bond acceptors (Lipinski definition) is 25. The number of ether oxygens (including phenoxy) is 1. The first-order valence-corrected chi connectivity index (χ1v) is 46.3. The Morgan fingerprint density at radius 2 is 1.27 bits per heavy atom. The highest BCUT2D eigenvalue weighted by Gasteiger charge is 2.46. The van der Waals surface area contributed by atoms with Crippen molar-refractivity contribution in [1.29, 1.82) is 0 Å². The minimum absolute atomic E-state index is 0.0220. The number of nitrogens with zero attached hydrogens (tertiary/aromatic N) is 1. The van der Waals surface area contributed by atoms with Gasteiger partial charge in [0.2, 0.25) is 65.0 Å². The molecular formula is C85H118N14O26S3. The Bertz CT molecular complexity index is 4570. The van der Waals surface area contributed by atoms with Gasteiger partial charge in [-0.2, -0.15) is 0 Å². The van der Waals surface area contributed by atoms with Crippen molar-refractivity contribution in [1.82, 2.24) is 68.4 Å². The van der Waals surface area contributed by atoms with Crippen molar-refractivity contribution in [3.8, 4) is 5.75 Å². The normalized spacial score (nSPS) is 21.4. The SMILES string of the molecule is CC[C@H](C)[C@@H]1NC(=O)CNC(=O)[C@@H]2CC(=O)[C@H]([C@@H](C)[C@@H](O)CO)NC(=O)[C@@H]3C[C@@H](O)CN3C(=O)[C@H](CC(N)=O)CC(=O)[C@H](CS(=O)c3[nH]c4cc(OCCC(C)SSC[C@H](NC(=O)[C@H](Cc5ccccc5)NC(=O)[C@H](Cc5ccccc5)NC(=O)CCCCCCCNC(=O)CCC(NC(=O)NC(CO)CCC(=O)O)C(=O)O)C(=O)O)ccc4c3C2)NC(=O)CNC1=O. The molecular weight excluding hydrogens is 1730 g/mol. The van der Waals surface area contributed by atoms with Crippen molar-refractivity contribution in [3.63, 3.8) is 0 Å². The van der Waals surface area contributed by atoms with E-state index in [0.29, 0.717) is 56.1 Å². The molecule has 40 nitrogen and oxygen atoms in total. The number of primary amides is 1. The molecule has 3 aliphatic heterocycles. The maximum absolute atomic E-state index is 15.4. The van der Waals surface area contributed by atoms with Gasteiger partial charge in [0.05, 0.1) is 91.2 Å². The molecule has 21 N–H and O–H groups in total. The third-order valence-electron chi connectivity index (χ3n) is 22.3. The lowest BCUT2D eigenvalue weighted by atomic mass is 9.85. The van der Waals surface area contributed by atoms with Gasteiger partial charge in [-0.05, 0) is 73.3 Å². The number of aliphatic hydroxyl groups is 4. The van der Waals surface area contributed by atoms with Crippen molar-refractivity contribution in [3.05, 3.63) is 95.6 Å². The van der Waals surface area contributed by atoms with E-state index in [0.717, 1.165) is 15.7 Å². The number of aliphatic carboxylic acids is 3. The Labute approximate surface area is 749 Å². The van der Waals surface area contributed by atoms with Gasteiger partial charge < -0.3 is 115 Å². The number of aliphatic hydroxyl groups excluding tert-OH is 4. The van der Waals surface area contributed by atoms with Crippen LogP contribution in [0.2, 0.25) is 0 Å². The molecule has 0 aliphatic carbocycles. The Morgan fingerprint density at radius 3 is 1.90 bits per heavy atom. The predicted octanol–water partition coefficient (Wildman–Crippen LogP) is -0.666. The van der Waals surface area contributed by atoms with Gasteiger partial charge in [-0.15, -0.1) is 0 Å². The number of nitrogens with one attached hydrogen (secondary N) is 12. The second kappa shape index (κ2) is 52.4. The molecule has 1 fully saturated rings. The minimum Gasteiger partial charge on any atom is -0.493 e. The fraction of sp³-hybridized carbons (Fsp3) is 0.565. The van der Waals surface area contributed by atoms with Crippen LogP contribution in [0.1, 0.15) is 147 Å². The monoisotopic (exact) mass is 1850 g/mol. The zero-order valence-corrected chi connectivity index (χ0v) is 74.1. The molecule has 13 amide bonds. The van der Waals surface area contributed by atoms with E-state index in [1.54, 1.807) is 86.6 Å². The van der Waals surface area contributed by atoms with E-state index in [-0.39, 0.29) is 96.3 Å². The van der Waals surface area contributed by atoms with Gasteiger partial charge in [0, 0.05) is 105 Å². The molecule has 4 aromatic rings. The number of ketones is 2. The van der Waals surface area contributed by atoms with Gasteiger partial charge in [0.25, 0.3) is 0 Å². The summed E-state index contributed by atoms with van der Waals surface area (Å²) in [6, 6.07) is 8.35. The number of carboxylic acids is 3. The van der Waals surface area contributed by atoms with Gasteiger partial charge >= 0.3 is 23.9 Å². The summed E-state index contributed by atoms with van der Waals surface area (Å²) in [4.78, 5) is 235. The average Bonchev–Trinajstić information content (AvgIpc) is 1.63. The van der Waals surface area contributed by atoms with Crippen LogP contribution in [0, 0.1) is 23.7 Å². The van der Waals surface area contributed by atoms with E-state index in [9.17, 15) is 107 Å². The van der Waals surface area contributed by atoms with Crippen LogP contribution in [0.5, 0.6) is 5.75 Å². The second-order valence-electron chi connectivity index (χ2n) is 32.3. The summed E-state index contributed by atoms with van der Waals surface area (Å²) < 4.78 is 21.6. The van der Waals surface area contributed by atoms with Crippen LogP contribution in [0.3, 0.4) is 0 Å². The molecule has 128 heavy (non-hydrogen) atoms. The molecule has 3 aromatic carbocycles. The molecule has 3 aliphatic rings. The fourth-order valence-electron chi connectivity index (χ4n) is 14.7. The van der Waals surface area contributed by atoms with Crippen LogP contribution < -0.4 is 69.0 Å². The third kappa shape index (κ3) is 33.5. The summed E-state index contributed by atoms with van der Waals surface area (Å²) in [5.41, 5.74) is 7.29. The third-order valence-corrected chi connectivity index (χ3v) is 26.7. The zero-order chi connectivity index (χ0) is 93.8. The van der Waals surface area contributed by atoms with Crippen LogP contribution in [0.15, 0.2) is 83.9 Å². The number of unbranched alkanes of at least 4 members (excludes halogenated alkanes) is 4. The minimum atomic E-state index is -2.45. The van der Waals surface area contributed by atoms with Crippen LogP contribution in [0.25, 0.3) is 10.9 Å². The van der Waals surface area contributed by atoms with E-state index in [1.165, 1.54) is 23.8 Å². The lowest BCUT2D eigenvalue weighted by Gasteiger charge is -2.32. The number of benzene rings is 3. The molecule has 1 saturated heterocycles. The van der Waals surface area contributed by atoms with E-state index in [1.807, 2.05) is 6.92 Å². The zero-order valence-electron chi connectivity index (χ0n) is 71.7. The number of rotatable bonds is 43. The summed E-state index contributed by atoms with van der Waals surface area (Å²) in [7, 11) is -0.0296. The first-order chi connectivity index (χ1) is 60.9. The van der Waals surface area contributed by atoms with Gasteiger partial charge in [-0.25, -0.2) is 14.4 Å². The van der Waals surface area contributed by atoms with Crippen molar-refractivity contribution in [2.24, 2.45) is 29.4 Å².